The molecule has 9 heteroatoms. The maximum Gasteiger partial charge on any atom is 0.243 e. The van der Waals surface area contributed by atoms with Gasteiger partial charge in [-0.3, -0.25) is 19.3 Å². The Hall–Kier alpha value is -2.91. The number of hydrogen-bond donors (Lipinski definition) is 0. The Kier molecular flexibility index (Phi) is 6.26. The minimum absolute atomic E-state index is 0.0461. The SMILES string of the molecule is Cc1ccc(S(=O)(=O)N2C[C@H]3[C@H]4C(=O)N(C5CCCCC5)C(=O)[C@H]4CC(=O)[C@H]3[C@@H]2c2ccccc2F)cc1. The molecule has 38 heavy (non-hydrogen) atoms. The molecule has 0 aromatic heterocycles. The monoisotopic (exact) mass is 538 g/mol. The third-order valence-electron chi connectivity index (χ3n) is 9.06. The van der Waals surface area contributed by atoms with Gasteiger partial charge >= 0.3 is 0 Å². The van der Waals surface area contributed by atoms with Crippen LogP contribution >= 0.6 is 0 Å². The van der Waals surface area contributed by atoms with Gasteiger partial charge in [-0.2, -0.15) is 4.31 Å². The van der Waals surface area contributed by atoms with E-state index in [0.29, 0.717) is 0 Å². The lowest BCUT2D eigenvalue weighted by atomic mass is 9.66. The van der Waals surface area contributed by atoms with Crippen LogP contribution in [0, 0.1) is 36.4 Å². The van der Waals surface area contributed by atoms with E-state index >= 15 is 4.39 Å². The lowest BCUT2D eigenvalue weighted by Gasteiger charge is -2.34. The van der Waals surface area contributed by atoms with Gasteiger partial charge in [-0.1, -0.05) is 55.2 Å². The van der Waals surface area contributed by atoms with Crippen molar-refractivity contribution in [2.24, 2.45) is 23.7 Å². The molecule has 2 heterocycles. The van der Waals surface area contributed by atoms with Crippen molar-refractivity contribution < 1.29 is 27.2 Å². The van der Waals surface area contributed by atoms with Crippen molar-refractivity contribution in [2.45, 2.75) is 62.4 Å². The zero-order chi connectivity index (χ0) is 26.8. The standard InChI is InChI=1S/C29H31FN2O5S/c1-17-11-13-19(14-12-17)38(36,37)31-16-22-25-21(28(34)32(29(25)35)18-7-3-2-4-8-18)15-24(33)26(22)27(31)20-9-5-6-10-23(20)30/h5-6,9-14,18,21-22,25-27H,2-4,7-8,15-16H2,1H3/t21-,22-,25-,26-,27-/m0/s1. The fraction of sp³-hybridized carbons (Fsp3) is 0.483. The smallest absolute Gasteiger partial charge is 0.243 e. The van der Waals surface area contributed by atoms with E-state index in [4.69, 9.17) is 0 Å². The van der Waals surface area contributed by atoms with Gasteiger partial charge in [0.25, 0.3) is 0 Å². The number of nitrogens with zero attached hydrogens (tertiary/aromatic N) is 2. The van der Waals surface area contributed by atoms with E-state index < -0.39 is 45.6 Å². The van der Waals surface area contributed by atoms with Crippen LogP contribution in [0.2, 0.25) is 0 Å². The molecule has 2 aromatic carbocycles. The van der Waals surface area contributed by atoms with Gasteiger partial charge in [0, 0.05) is 30.5 Å². The van der Waals surface area contributed by atoms with Gasteiger partial charge in [0.05, 0.1) is 22.8 Å². The molecule has 0 radical (unpaired) electrons. The van der Waals surface area contributed by atoms with Gasteiger partial charge in [-0.25, -0.2) is 12.8 Å². The van der Waals surface area contributed by atoms with Gasteiger partial charge < -0.3 is 0 Å². The molecule has 2 aliphatic heterocycles. The molecule has 2 aromatic rings. The molecular weight excluding hydrogens is 507 g/mol. The number of rotatable bonds is 4. The van der Waals surface area contributed by atoms with Crippen molar-refractivity contribution in [1.29, 1.82) is 0 Å². The third kappa shape index (κ3) is 3.85. The summed E-state index contributed by atoms with van der Waals surface area (Å²) in [5.41, 5.74) is 1.00. The van der Waals surface area contributed by atoms with Crippen LogP contribution < -0.4 is 0 Å². The molecule has 2 saturated heterocycles. The predicted octanol–water partition coefficient (Wildman–Crippen LogP) is 4.02. The summed E-state index contributed by atoms with van der Waals surface area (Å²) in [6.07, 6.45) is 4.34. The fourth-order valence-corrected chi connectivity index (χ4v) is 8.94. The number of sulfonamides is 1. The molecular formula is C29H31FN2O5S. The molecule has 7 nitrogen and oxygen atoms in total. The Morgan fingerprint density at radius 1 is 0.868 bits per heavy atom. The summed E-state index contributed by atoms with van der Waals surface area (Å²) in [6, 6.07) is 11.0. The summed E-state index contributed by atoms with van der Waals surface area (Å²) in [4.78, 5) is 42.4. The second kappa shape index (κ2) is 9.38. The highest BCUT2D eigenvalue weighted by molar-refractivity contribution is 7.89. The Bertz CT molecular complexity index is 1400. The normalized spacial score (nSPS) is 30.5. The average Bonchev–Trinajstić information content (AvgIpc) is 3.42. The summed E-state index contributed by atoms with van der Waals surface area (Å²) in [7, 11) is -4.14. The van der Waals surface area contributed by atoms with Crippen molar-refractivity contribution in [2.75, 3.05) is 6.54 Å². The second-order valence-corrected chi connectivity index (χ2v) is 13.1. The quantitative estimate of drug-likeness (QED) is 0.549. The first-order valence-corrected chi connectivity index (χ1v) is 14.9. The van der Waals surface area contributed by atoms with Gasteiger partial charge in [0.15, 0.2) is 0 Å². The summed E-state index contributed by atoms with van der Waals surface area (Å²) in [5, 5.41) is 0. The number of fused-ring (bicyclic) bond motifs is 3. The molecule has 0 bridgehead atoms. The average molecular weight is 539 g/mol. The van der Waals surface area contributed by atoms with Gasteiger partial charge in [-0.05, 0) is 43.9 Å². The predicted molar refractivity (Wildman–Crippen MR) is 137 cm³/mol. The molecule has 0 spiro atoms. The highest BCUT2D eigenvalue weighted by Crippen LogP contribution is 2.55. The minimum atomic E-state index is -4.14. The number of ketones is 1. The Labute approximate surface area is 222 Å². The molecule has 2 saturated carbocycles. The van der Waals surface area contributed by atoms with Crippen LogP contribution in [-0.2, 0) is 24.4 Å². The van der Waals surface area contributed by atoms with E-state index in [1.54, 1.807) is 18.2 Å². The van der Waals surface area contributed by atoms with E-state index in [0.717, 1.165) is 37.7 Å². The van der Waals surface area contributed by atoms with Crippen molar-refractivity contribution >= 4 is 27.6 Å². The van der Waals surface area contributed by atoms with Crippen LogP contribution in [0.3, 0.4) is 0 Å². The van der Waals surface area contributed by atoms with Gasteiger partial charge in [-0.15, -0.1) is 0 Å². The lowest BCUT2D eigenvalue weighted by Crippen LogP contribution is -2.43. The number of benzene rings is 2. The zero-order valence-electron chi connectivity index (χ0n) is 21.3. The van der Waals surface area contributed by atoms with E-state index in [1.807, 2.05) is 6.92 Å². The van der Waals surface area contributed by atoms with Crippen LogP contribution in [-0.4, -0.2) is 47.8 Å². The number of carbonyl (C=O) groups is 3. The number of halogens is 1. The molecule has 0 N–H and O–H groups in total. The number of likely N-dealkylation sites (tertiary alicyclic amines) is 1. The maximum atomic E-state index is 15.2. The minimum Gasteiger partial charge on any atom is -0.299 e. The number of Topliss-reactive ketones (excluding diaryl/α,β-unsaturated/α-hetero) is 1. The van der Waals surface area contributed by atoms with Crippen molar-refractivity contribution in [3.8, 4) is 0 Å². The Balaban J connectivity index is 1.44. The Morgan fingerprint density at radius 2 is 1.55 bits per heavy atom. The van der Waals surface area contributed by atoms with Crippen molar-refractivity contribution in [1.82, 2.24) is 9.21 Å². The maximum absolute atomic E-state index is 15.2. The summed E-state index contributed by atoms with van der Waals surface area (Å²) in [5.74, 6) is -4.64. The van der Waals surface area contributed by atoms with Crippen LogP contribution in [0.5, 0.6) is 0 Å². The molecule has 2 amide bonds. The van der Waals surface area contributed by atoms with Gasteiger partial charge in [0.2, 0.25) is 21.8 Å². The summed E-state index contributed by atoms with van der Waals surface area (Å²) >= 11 is 0. The number of aryl methyl sites for hydroxylation is 1. The Morgan fingerprint density at radius 3 is 2.24 bits per heavy atom. The van der Waals surface area contributed by atoms with Gasteiger partial charge in [0.1, 0.15) is 11.6 Å². The van der Waals surface area contributed by atoms with E-state index in [2.05, 4.69) is 0 Å². The van der Waals surface area contributed by atoms with E-state index in [1.165, 1.54) is 39.5 Å². The first-order chi connectivity index (χ1) is 18.2. The largest absolute Gasteiger partial charge is 0.299 e. The topological polar surface area (TPSA) is 91.8 Å². The molecule has 4 aliphatic rings. The second-order valence-electron chi connectivity index (χ2n) is 11.2. The molecule has 2 aliphatic carbocycles. The molecule has 0 unspecified atom stereocenters. The number of amides is 2. The van der Waals surface area contributed by atoms with Crippen LogP contribution in [0.15, 0.2) is 53.4 Å². The molecule has 5 atom stereocenters. The van der Waals surface area contributed by atoms with Crippen LogP contribution in [0.1, 0.15) is 55.7 Å². The van der Waals surface area contributed by atoms with Crippen LogP contribution in [0.25, 0.3) is 0 Å². The summed E-state index contributed by atoms with van der Waals surface area (Å²) in [6.45, 7) is 1.73. The first-order valence-electron chi connectivity index (χ1n) is 13.4. The molecule has 6 rings (SSSR count). The first kappa shape index (κ1) is 25.4. The highest BCUT2D eigenvalue weighted by atomic mass is 32.2. The molecule has 200 valence electrons. The van der Waals surface area contributed by atoms with E-state index in [-0.39, 0.29) is 47.1 Å². The fourth-order valence-electron chi connectivity index (χ4n) is 7.28. The lowest BCUT2D eigenvalue weighted by molar-refractivity contribution is -0.143. The van der Waals surface area contributed by atoms with E-state index in [9.17, 15) is 22.8 Å². The number of imide groups is 1. The highest BCUT2D eigenvalue weighted by Gasteiger charge is 2.64. The summed E-state index contributed by atoms with van der Waals surface area (Å²) < 4.78 is 44.3. The van der Waals surface area contributed by atoms with Crippen molar-refractivity contribution in [3.63, 3.8) is 0 Å². The van der Waals surface area contributed by atoms with Crippen molar-refractivity contribution in [3.05, 3.63) is 65.5 Å². The number of carbonyl (C=O) groups excluding carboxylic acids is 3. The third-order valence-corrected chi connectivity index (χ3v) is 10.9. The number of hydrogen-bond acceptors (Lipinski definition) is 5. The van der Waals surface area contributed by atoms with Crippen LogP contribution in [0.4, 0.5) is 4.39 Å². The zero-order valence-corrected chi connectivity index (χ0v) is 22.1. The molecule has 4 fully saturated rings.